The van der Waals surface area contributed by atoms with E-state index in [1.54, 1.807) is 36.4 Å². The van der Waals surface area contributed by atoms with E-state index in [4.69, 9.17) is 0 Å². The molecule has 3 rings (SSSR count). The molecule has 0 bridgehead atoms. The number of anilines is 1. The monoisotopic (exact) mass is 425 g/mol. The summed E-state index contributed by atoms with van der Waals surface area (Å²) in [5, 5.41) is 13.7. The molecule has 0 aliphatic carbocycles. The molecule has 0 fully saturated rings. The highest BCUT2D eigenvalue weighted by molar-refractivity contribution is 9.08. The molecule has 0 atom stereocenters. The van der Waals surface area contributed by atoms with Gasteiger partial charge in [0.1, 0.15) is 17.4 Å². The number of benzene rings is 2. The van der Waals surface area contributed by atoms with E-state index in [2.05, 4.69) is 36.4 Å². The van der Waals surface area contributed by atoms with Crippen LogP contribution in [0.3, 0.4) is 0 Å². The minimum atomic E-state index is -0.587. The normalized spacial score (nSPS) is 10.7. The van der Waals surface area contributed by atoms with Crippen LogP contribution in [0.25, 0.3) is 11.3 Å². The molecule has 0 aliphatic rings. The zero-order valence-corrected chi connectivity index (χ0v) is 15.5. The summed E-state index contributed by atoms with van der Waals surface area (Å²) < 4.78 is 14.0. The maximum absolute atomic E-state index is 14.0. The van der Waals surface area contributed by atoms with Crippen LogP contribution in [0, 0.1) is 17.1 Å². The number of hydrogen-bond donors (Lipinski definition) is 2. The molecule has 0 saturated carbocycles. The first-order chi connectivity index (χ1) is 13.1. The highest BCUT2D eigenvalue weighted by atomic mass is 79.9. The van der Waals surface area contributed by atoms with Gasteiger partial charge in [-0.3, -0.25) is 9.78 Å². The van der Waals surface area contributed by atoms with Crippen LogP contribution in [0.2, 0.25) is 0 Å². The Balaban J connectivity index is 1.94. The van der Waals surface area contributed by atoms with Crippen molar-refractivity contribution in [1.82, 2.24) is 9.97 Å². The number of nitriles is 1. The molecule has 3 aromatic rings. The molecule has 0 unspecified atom stereocenters. The summed E-state index contributed by atoms with van der Waals surface area (Å²) in [5.41, 5.74) is 3.83. The number of hydrogen-bond acceptors (Lipinski definition) is 5. The molecule has 0 amide bonds. The highest BCUT2D eigenvalue weighted by Gasteiger charge is 2.13. The fourth-order valence-electron chi connectivity index (χ4n) is 2.44. The maximum Gasteiger partial charge on any atom is 0.270 e. The molecule has 8 heteroatoms. The second-order valence-corrected chi connectivity index (χ2v) is 5.99. The Bertz CT molecular complexity index is 1090. The van der Waals surface area contributed by atoms with Crippen LogP contribution in [0.1, 0.15) is 16.7 Å². The van der Waals surface area contributed by atoms with Crippen molar-refractivity contribution in [3.05, 3.63) is 81.4 Å². The van der Waals surface area contributed by atoms with Crippen molar-refractivity contribution in [1.29, 1.82) is 5.26 Å². The number of aromatic nitrogens is 2. The molecular weight excluding hydrogens is 413 g/mol. The first kappa shape index (κ1) is 18.5. The second-order valence-electron chi connectivity index (χ2n) is 5.43. The molecule has 0 radical (unpaired) electrons. The van der Waals surface area contributed by atoms with Crippen molar-refractivity contribution in [3.8, 4) is 17.3 Å². The molecule has 2 aromatic carbocycles. The van der Waals surface area contributed by atoms with Crippen molar-refractivity contribution in [3.63, 3.8) is 0 Å². The number of rotatable bonds is 5. The fourth-order valence-corrected chi connectivity index (χ4v) is 2.92. The zero-order chi connectivity index (χ0) is 19.2. The van der Waals surface area contributed by atoms with Gasteiger partial charge >= 0.3 is 0 Å². The lowest BCUT2D eigenvalue weighted by Crippen LogP contribution is -2.16. The van der Waals surface area contributed by atoms with Gasteiger partial charge in [0.15, 0.2) is 0 Å². The van der Waals surface area contributed by atoms with Gasteiger partial charge in [0, 0.05) is 16.5 Å². The molecular formula is C19H13BrFN5O. The molecule has 134 valence electrons. The minimum absolute atomic E-state index is 0.0471. The van der Waals surface area contributed by atoms with Crippen molar-refractivity contribution in [2.45, 2.75) is 5.33 Å². The largest absolute Gasteiger partial charge is 0.290 e. The zero-order valence-electron chi connectivity index (χ0n) is 13.9. The summed E-state index contributed by atoms with van der Waals surface area (Å²) in [4.78, 5) is 18.9. The Morgan fingerprint density at radius 1 is 1.26 bits per heavy atom. The van der Waals surface area contributed by atoms with Crippen molar-refractivity contribution in [2.24, 2.45) is 5.10 Å². The summed E-state index contributed by atoms with van der Waals surface area (Å²) in [5.74, 6) is -0.366. The molecule has 0 saturated heterocycles. The van der Waals surface area contributed by atoms with E-state index in [9.17, 15) is 14.4 Å². The van der Waals surface area contributed by atoms with E-state index in [1.807, 2.05) is 12.1 Å². The predicted molar refractivity (Wildman–Crippen MR) is 105 cm³/mol. The van der Waals surface area contributed by atoms with Gasteiger partial charge in [-0.05, 0) is 11.6 Å². The Labute approximate surface area is 162 Å². The van der Waals surface area contributed by atoms with Crippen LogP contribution in [-0.4, -0.2) is 16.2 Å². The van der Waals surface area contributed by atoms with Crippen LogP contribution in [0.5, 0.6) is 0 Å². The van der Waals surface area contributed by atoms with Gasteiger partial charge in [-0.25, -0.2) is 14.8 Å². The van der Waals surface area contributed by atoms with Gasteiger partial charge in [-0.1, -0.05) is 58.4 Å². The van der Waals surface area contributed by atoms with Gasteiger partial charge < -0.3 is 0 Å². The van der Waals surface area contributed by atoms with Gasteiger partial charge in [-0.15, -0.1) is 0 Å². The van der Waals surface area contributed by atoms with Crippen molar-refractivity contribution < 1.29 is 4.39 Å². The molecule has 1 aromatic heterocycles. The van der Waals surface area contributed by atoms with Gasteiger partial charge in [-0.2, -0.15) is 10.4 Å². The Morgan fingerprint density at radius 2 is 2.04 bits per heavy atom. The third kappa shape index (κ3) is 4.10. The molecule has 27 heavy (non-hydrogen) atoms. The Kier molecular flexibility index (Phi) is 5.74. The Morgan fingerprint density at radius 3 is 2.74 bits per heavy atom. The summed E-state index contributed by atoms with van der Waals surface area (Å²) in [6.45, 7) is 0. The number of alkyl halides is 1. The van der Waals surface area contributed by atoms with E-state index in [0.29, 0.717) is 16.5 Å². The second kappa shape index (κ2) is 8.38. The molecule has 1 heterocycles. The minimum Gasteiger partial charge on any atom is -0.290 e. The van der Waals surface area contributed by atoms with E-state index in [0.717, 1.165) is 5.56 Å². The van der Waals surface area contributed by atoms with Gasteiger partial charge in [0.2, 0.25) is 5.95 Å². The van der Waals surface area contributed by atoms with Gasteiger partial charge in [0.25, 0.3) is 5.56 Å². The summed E-state index contributed by atoms with van der Waals surface area (Å²) in [7, 11) is 0. The van der Waals surface area contributed by atoms with Gasteiger partial charge in [0.05, 0.1) is 11.9 Å². The molecule has 2 N–H and O–H groups in total. The average molecular weight is 426 g/mol. The summed E-state index contributed by atoms with van der Waals surface area (Å²) >= 11 is 3.30. The van der Waals surface area contributed by atoms with E-state index < -0.39 is 11.4 Å². The summed E-state index contributed by atoms with van der Waals surface area (Å²) in [6, 6.07) is 15.5. The topological polar surface area (TPSA) is 93.9 Å². The predicted octanol–water partition coefficient (Wildman–Crippen LogP) is 3.79. The number of halogens is 2. The van der Waals surface area contributed by atoms with Crippen LogP contribution < -0.4 is 11.0 Å². The smallest absolute Gasteiger partial charge is 0.270 e. The molecule has 0 aliphatic heterocycles. The van der Waals surface area contributed by atoms with E-state index in [1.165, 1.54) is 12.3 Å². The number of nitrogens with one attached hydrogen (secondary N) is 2. The summed E-state index contributed by atoms with van der Waals surface area (Å²) in [6.07, 6.45) is 1.31. The van der Waals surface area contributed by atoms with Crippen LogP contribution in [-0.2, 0) is 5.33 Å². The standard InChI is InChI=1S/C19H13BrFN5O/c20-9-13-7-4-8-16(21)15(13)11-23-26-19-24-17(12-5-2-1-3-6-12)14(10-22)18(27)25-19/h1-8,11H,9H2,(H2,24,25,26,27). The number of aromatic amines is 1. The number of H-pyrrole nitrogens is 1. The van der Waals surface area contributed by atoms with Crippen molar-refractivity contribution >= 4 is 28.1 Å². The molecule has 0 spiro atoms. The lowest BCUT2D eigenvalue weighted by molar-refractivity contribution is 0.624. The van der Waals surface area contributed by atoms with Crippen LogP contribution in [0.15, 0.2) is 58.4 Å². The van der Waals surface area contributed by atoms with Crippen molar-refractivity contribution in [2.75, 3.05) is 5.43 Å². The number of nitrogens with zero attached hydrogens (tertiary/aromatic N) is 3. The first-order valence-electron chi connectivity index (χ1n) is 7.86. The van der Waals surface area contributed by atoms with E-state index in [-0.39, 0.29) is 17.2 Å². The van der Waals surface area contributed by atoms with Crippen LogP contribution >= 0.6 is 15.9 Å². The third-order valence-corrected chi connectivity index (χ3v) is 4.33. The average Bonchev–Trinajstić information content (AvgIpc) is 2.69. The first-order valence-corrected chi connectivity index (χ1v) is 8.98. The van der Waals surface area contributed by atoms with Crippen LogP contribution in [0.4, 0.5) is 10.3 Å². The quantitative estimate of drug-likeness (QED) is 0.369. The lowest BCUT2D eigenvalue weighted by atomic mass is 10.1. The third-order valence-electron chi connectivity index (χ3n) is 3.73. The molecule has 6 nitrogen and oxygen atoms in total. The SMILES string of the molecule is N#Cc1c(-c2ccccc2)nc(NN=Cc2c(F)cccc2CBr)[nH]c1=O. The highest BCUT2D eigenvalue weighted by Crippen LogP contribution is 2.19. The lowest BCUT2D eigenvalue weighted by Gasteiger charge is -2.06. The van der Waals surface area contributed by atoms with E-state index >= 15 is 0 Å². The number of hydrazone groups is 1. The maximum atomic E-state index is 14.0. The fraction of sp³-hybridized carbons (Fsp3) is 0.0526. The Hall–Kier alpha value is -3.31.